The molecule has 116 valence electrons. The Balaban J connectivity index is 1.81. The summed E-state index contributed by atoms with van der Waals surface area (Å²) in [5.41, 5.74) is 0. The SMILES string of the molecule is O=S(=O)(c1cccc2cncc(Cl)c12)N1CC2CCNC2C1. The number of rotatable bonds is 2. The fourth-order valence-corrected chi connectivity index (χ4v) is 5.60. The molecular formula is C15H16ClN3O2S. The van der Waals surface area contributed by atoms with Gasteiger partial charge in [-0.3, -0.25) is 4.98 Å². The predicted molar refractivity (Wildman–Crippen MR) is 85.4 cm³/mol. The van der Waals surface area contributed by atoms with Crippen LogP contribution in [-0.4, -0.2) is 43.4 Å². The van der Waals surface area contributed by atoms with E-state index in [9.17, 15) is 8.42 Å². The van der Waals surface area contributed by atoms with Crippen molar-refractivity contribution >= 4 is 32.4 Å². The van der Waals surface area contributed by atoms with E-state index in [0.717, 1.165) is 18.4 Å². The number of sulfonamides is 1. The summed E-state index contributed by atoms with van der Waals surface area (Å²) < 4.78 is 27.7. The molecule has 2 saturated heterocycles. The smallest absolute Gasteiger partial charge is 0.243 e. The Labute approximate surface area is 134 Å². The van der Waals surface area contributed by atoms with Crippen LogP contribution in [0.5, 0.6) is 0 Å². The first kappa shape index (κ1) is 14.4. The molecule has 0 aliphatic carbocycles. The molecule has 0 spiro atoms. The quantitative estimate of drug-likeness (QED) is 0.908. The fraction of sp³-hybridized carbons (Fsp3) is 0.400. The normalized spacial score (nSPS) is 25.7. The topological polar surface area (TPSA) is 62.3 Å². The number of nitrogens with one attached hydrogen (secondary N) is 1. The maximum atomic E-state index is 13.1. The summed E-state index contributed by atoms with van der Waals surface area (Å²) in [5.74, 6) is 0.418. The van der Waals surface area contributed by atoms with Gasteiger partial charge in [0.1, 0.15) is 0 Å². The number of benzene rings is 1. The zero-order valence-corrected chi connectivity index (χ0v) is 13.4. The molecular weight excluding hydrogens is 322 g/mol. The summed E-state index contributed by atoms with van der Waals surface area (Å²) in [6, 6.07) is 5.47. The van der Waals surface area contributed by atoms with Crippen molar-refractivity contribution in [3.8, 4) is 0 Å². The lowest BCUT2D eigenvalue weighted by molar-refractivity contribution is 0.449. The number of pyridine rings is 1. The molecule has 0 bridgehead atoms. The van der Waals surface area contributed by atoms with Crippen molar-refractivity contribution < 1.29 is 8.42 Å². The second-order valence-electron chi connectivity index (χ2n) is 5.91. The van der Waals surface area contributed by atoms with Gasteiger partial charge in [0.25, 0.3) is 0 Å². The number of nitrogens with zero attached hydrogens (tertiary/aromatic N) is 2. The van der Waals surface area contributed by atoms with E-state index in [1.54, 1.807) is 22.6 Å². The number of aromatic nitrogens is 1. The third-order valence-electron chi connectivity index (χ3n) is 4.65. The highest BCUT2D eigenvalue weighted by Gasteiger charge is 2.41. The largest absolute Gasteiger partial charge is 0.312 e. The highest BCUT2D eigenvalue weighted by atomic mass is 35.5. The van der Waals surface area contributed by atoms with E-state index in [1.165, 1.54) is 6.20 Å². The Morgan fingerprint density at radius 2 is 2.14 bits per heavy atom. The molecule has 0 radical (unpaired) electrons. The second-order valence-corrected chi connectivity index (χ2v) is 8.22. The minimum Gasteiger partial charge on any atom is -0.312 e. The molecule has 0 amide bonds. The van der Waals surface area contributed by atoms with Crippen LogP contribution in [0.15, 0.2) is 35.5 Å². The van der Waals surface area contributed by atoms with Crippen LogP contribution in [0.3, 0.4) is 0 Å². The molecule has 1 N–H and O–H groups in total. The van der Waals surface area contributed by atoms with E-state index >= 15 is 0 Å². The molecule has 0 saturated carbocycles. The second kappa shape index (κ2) is 5.16. The van der Waals surface area contributed by atoms with E-state index in [0.29, 0.717) is 29.4 Å². The minimum atomic E-state index is -3.55. The summed E-state index contributed by atoms with van der Waals surface area (Å²) in [6.07, 6.45) is 4.17. The summed E-state index contributed by atoms with van der Waals surface area (Å²) in [6.45, 7) is 2.10. The molecule has 2 aliphatic rings. The molecule has 2 aromatic rings. The van der Waals surface area contributed by atoms with Gasteiger partial charge in [0, 0.05) is 42.3 Å². The van der Waals surface area contributed by atoms with Gasteiger partial charge in [0.05, 0.1) is 9.92 Å². The van der Waals surface area contributed by atoms with Crippen LogP contribution in [0.25, 0.3) is 10.8 Å². The first-order valence-electron chi connectivity index (χ1n) is 7.33. The van der Waals surface area contributed by atoms with Crippen molar-refractivity contribution in [2.24, 2.45) is 5.92 Å². The van der Waals surface area contributed by atoms with Crippen molar-refractivity contribution in [2.75, 3.05) is 19.6 Å². The van der Waals surface area contributed by atoms with Gasteiger partial charge in [-0.1, -0.05) is 23.7 Å². The van der Waals surface area contributed by atoms with E-state index < -0.39 is 10.0 Å². The predicted octanol–water partition coefficient (Wildman–Crippen LogP) is 1.87. The molecule has 2 atom stereocenters. The van der Waals surface area contributed by atoms with Gasteiger partial charge in [0.2, 0.25) is 10.0 Å². The van der Waals surface area contributed by atoms with E-state index in [1.807, 2.05) is 6.07 Å². The maximum Gasteiger partial charge on any atom is 0.243 e. The van der Waals surface area contributed by atoms with Gasteiger partial charge >= 0.3 is 0 Å². The van der Waals surface area contributed by atoms with Crippen molar-refractivity contribution in [1.82, 2.24) is 14.6 Å². The highest BCUT2D eigenvalue weighted by molar-refractivity contribution is 7.89. The minimum absolute atomic E-state index is 0.275. The van der Waals surface area contributed by atoms with Crippen LogP contribution < -0.4 is 5.32 Å². The lowest BCUT2D eigenvalue weighted by atomic mass is 10.1. The first-order chi connectivity index (χ1) is 10.6. The third-order valence-corrected chi connectivity index (χ3v) is 6.81. The Kier molecular flexibility index (Phi) is 3.38. The molecule has 1 aromatic heterocycles. The zero-order chi connectivity index (χ0) is 15.3. The fourth-order valence-electron chi connectivity index (χ4n) is 3.52. The van der Waals surface area contributed by atoms with Gasteiger partial charge < -0.3 is 5.32 Å². The van der Waals surface area contributed by atoms with Crippen LogP contribution in [-0.2, 0) is 10.0 Å². The lowest BCUT2D eigenvalue weighted by Gasteiger charge is -2.19. The van der Waals surface area contributed by atoms with E-state index in [-0.39, 0.29) is 10.9 Å². The zero-order valence-electron chi connectivity index (χ0n) is 11.9. The first-order valence-corrected chi connectivity index (χ1v) is 9.15. The molecule has 2 aliphatic heterocycles. The van der Waals surface area contributed by atoms with Crippen LogP contribution in [0.2, 0.25) is 5.02 Å². The Morgan fingerprint density at radius 3 is 2.95 bits per heavy atom. The van der Waals surface area contributed by atoms with Gasteiger partial charge in [-0.15, -0.1) is 0 Å². The van der Waals surface area contributed by atoms with Crippen LogP contribution in [0.4, 0.5) is 0 Å². The monoisotopic (exact) mass is 337 g/mol. The molecule has 22 heavy (non-hydrogen) atoms. The summed E-state index contributed by atoms with van der Waals surface area (Å²) in [7, 11) is -3.55. The summed E-state index contributed by atoms with van der Waals surface area (Å²) >= 11 is 6.21. The van der Waals surface area contributed by atoms with Gasteiger partial charge in [-0.2, -0.15) is 4.31 Å². The van der Waals surface area contributed by atoms with E-state index in [4.69, 9.17) is 11.6 Å². The molecule has 4 rings (SSSR count). The molecule has 7 heteroatoms. The summed E-state index contributed by atoms with van der Waals surface area (Å²) in [4.78, 5) is 4.30. The average Bonchev–Trinajstić information content (AvgIpc) is 3.08. The molecule has 2 unspecified atom stereocenters. The van der Waals surface area contributed by atoms with Crippen LogP contribution >= 0.6 is 11.6 Å². The van der Waals surface area contributed by atoms with Crippen LogP contribution in [0, 0.1) is 5.92 Å². The molecule has 3 heterocycles. The molecule has 1 aromatic carbocycles. The van der Waals surface area contributed by atoms with Gasteiger partial charge in [-0.25, -0.2) is 8.42 Å². The summed E-state index contributed by atoms with van der Waals surface area (Å²) in [5, 5.41) is 5.05. The average molecular weight is 338 g/mol. The maximum absolute atomic E-state index is 13.1. The van der Waals surface area contributed by atoms with Crippen molar-refractivity contribution in [1.29, 1.82) is 0 Å². The van der Waals surface area contributed by atoms with Crippen LogP contribution in [0.1, 0.15) is 6.42 Å². The third kappa shape index (κ3) is 2.13. The standard InChI is InChI=1S/C15H16ClN3O2S/c16-12-7-17-6-10-2-1-3-14(15(10)12)22(20,21)19-8-11-4-5-18-13(11)9-19/h1-3,6-7,11,13,18H,4-5,8-9H2. The number of hydrogen-bond donors (Lipinski definition) is 1. The van der Waals surface area contributed by atoms with E-state index in [2.05, 4.69) is 10.3 Å². The van der Waals surface area contributed by atoms with Crippen molar-refractivity contribution in [2.45, 2.75) is 17.4 Å². The lowest BCUT2D eigenvalue weighted by Crippen LogP contribution is -2.34. The highest BCUT2D eigenvalue weighted by Crippen LogP contribution is 2.34. The van der Waals surface area contributed by atoms with Crippen molar-refractivity contribution in [3.63, 3.8) is 0 Å². The Bertz CT molecular complexity index is 823. The number of hydrogen-bond acceptors (Lipinski definition) is 4. The molecule has 5 nitrogen and oxygen atoms in total. The number of halogens is 1. The van der Waals surface area contributed by atoms with Gasteiger partial charge in [0.15, 0.2) is 0 Å². The Hall–Kier alpha value is -1.21. The van der Waals surface area contributed by atoms with Crippen molar-refractivity contribution in [3.05, 3.63) is 35.6 Å². The molecule has 2 fully saturated rings. The Morgan fingerprint density at radius 1 is 1.27 bits per heavy atom. The number of fused-ring (bicyclic) bond motifs is 2. The van der Waals surface area contributed by atoms with Gasteiger partial charge in [-0.05, 0) is 24.9 Å².